The largest absolute Gasteiger partial charge is 0.312 e. The van der Waals surface area contributed by atoms with Gasteiger partial charge in [0.15, 0.2) is 9.84 Å². The van der Waals surface area contributed by atoms with E-state index in [4.69, 9.17) is 0 Å². The smallest absolute Gasteiger partial charge is 0.151 e. The van der Waals surface area contributed by atoms with Gasteiger partial charge in [-0.1, -0.05) is 13.8 Å². The predicted molar refractivity (Wildman–Crippen MR) is 62.8 cm³/mol. The molecule has 15 heavy (non-hydrogen) atoms. The van der Waals surface area contributed by atoms with Gasteiger partial charge in [0, 0.05) is 19.1 Å². The van der Waals surface area contributed by atoms with Crippen molar-refractivity contribution in [2.75, 3.05) is 37.7 Å². The second kappa shape index (κ2) is 5.82. The lowest BCUT2D eigenvalue weighted by Gasteiger charge is -2.19. The third kappa shape index (κ3) is 4.49. The first-order chi connectivity index (χ1) is 7.07. The van der Waals surface area contributed by atoms with Gasteiger partial charge in [-0.2, -0.15) is 0 Å². The minimum Gasteiger partial charge on any atom is -0.312 e. The molecule has 90 valence electrons. The van der Waals surface area contributed by atoms with Gasteiger partial charge in [0.2, 0.25) is 0 Å². The van der Waals surface area contributed by atoms with Gasteiger partial charge in [-0.15, -0.1) is 0 Å². The molecule has 0 unspecified atom stereocenters. The van der Waals surface area contributed by atoms with Crippen molar-refractivity contribution in [3.63, 3.8) is 0 Å². The lowest BCUT2D eigenvalue weighted by Crippen LogP contribution is -2.37. The van der Waals surface area contributed by atoms with Crippen LogP contribution in [0.25, 0.3) is 0 Å². The Labute approximate surface area is 93.0 Å². The molecular weight excluding hydrogens is 212 g/mol. The Morgan fingerprint density at radius 1 is 1.33 bits per heavy atom. The molecule has 1 N–H and O–H groups in total. The molecule has 0 bridgehead atoms. The molecule has 0 spiro atoms. The minimum absolute atomic E-state index is 0.186. The van der Waals surface area contributed by atoms with Crippen LogP contribution >= 0.6 is 0 Å². The highest BCUT2D eigenvalue weighted by molar-refractivity contribution is 7.91. The van der Waals surface area contributed by atoms with Crippen molar-refractivity contribution in [2.24, 2.45) is 0 Å². The second-order valence-corrected chi connectivity index (χ2v) is 6.31. The zero-order chi connectivity index (χ0) is 11.3. The summed E-state index contributed by atoms with van der Waals surface area (Å²) in [5.41, 5.74) is 0. The van der Waals surface area contributed by atoms with Crippen LogP contribution < -0.4 is 5.32 Å². The van der Waals surface area contributed by atoms with E-state index in [9.17, 15) is 8.42 Å². The number of rotatable bonds is 6. The number of hydrogen-bond donors (Lipinski definition) is 1. The summed E-state index contributed by atoms with van der Waals surface area (Å²) in [5.74, 6) is 0.682. The molecule has 0 aliphatic carbocycles. The molecule has 1 rings (SSSR count). The third-order valence-electron chi connectivity index (χ3n) is 2.99. The van der Waals surface area contributed by atoms with Gasteiger partial charge >= 0.3 is 0 Å². The maximum absolute atomic E-state index is 11.2. The van der Waals surface area contributed by atoms with Crippen LogP contribution in [-0.2, 0) is 9.84 Å². The summed E-state index contributed by atoms with van der Waals surface area (Å²) in [5, 5.41) is 3.32. The van der Waals surface area contributed by atoms with Crippen LogP contribution in [0.5, 0.6) is 0 Å². The predicted octanol–water partition coefficient (Wildman–Crippen LogP) is 0.105. The molecule has 0 aromatic rings. The lowest BCUT2D eigenvalue weighted by atomic mass is 10.2. The van der Waals surface area contributed by atoms with E-state index in [1.54, 1.807) is 0 Å². The summed E-state index contributed by atoms with van der Waals surface area (Å²) >= 11 is 0. The van der Waals surface area contributed by atoms with Crippen molar-refractivity contribution in [1.82, 2.24) is 10.2 Å². The zero-order valence-corrected chi connectivity index (χ0v) is 10.5. The van der Waals surface area contributed by atoms with Crippen LogP contribution in [-0.4, -0.2) is 57.0 Å². The van der Waals surface area contributed by atoms with E-state index in [-0.39, 0.29) is 6.04 Å². The van der Waals surface area contributed by atoms with Gasteiger partial charge in [-0.25, -0.2) is 8.42 Å². The van der Waals surface area contributed by atoms with Crippen molar-refractivity contribution in [3.8, 4) is 0 Å². The van der Waals surface area contributed by atoms with Gasteiger partial charge in [0.25, 0.3) is 0 Å². The first kappa shape index (κ1) is 12.9. The van der Waals surface area contributed by atoms with E-state index in [0.717, 1.165) is 32.6 Å². The molecule has 0 aromatic heterocycles. The average molecular weight is 234 g/mol. The number of nitrogens with zero attached hydrogens (tertiary/aromatic N) is 1. The summed E-state index contributed by atoms with van der Waals surface area (Å²) in [4.78, 5) is 2.33. The maximum Gasteiger partial charge on any atom is 0.151 e. The monoisotopic (exact) mass is 234 g/mol. The van der Waals surface area contributed by atoms with Crippen molar-refractivity contribution >= 4 is 9.84 Å². The second-order valence-electron chi connectivity index (χ2n) is 4.08. The van der Waals surface area contributed by atoms with E-state index in [0.29, 0.717) is 11.5 Å². The molecular formula is C10H22N2O2S. The molecule has 0 amide bonds. The van der Waals surface area contributed by atoms with Gasteiger partial charge in [-0.05, 0) is 19.5 Å². The topological polar surface area (TPSA) is 49.4 Å². The summed E-state index contributed by atoms with van der Waals surface area (Å²) in [7, 11) is -2.73. The molecule has 0 saturated carbocycles. The highest BCUT2D eigenvalue weighted by Gasteiger charge is 2.26. The van der Waals surface area contributed by atoms with Crippen LogP contribution in [0.15, 0.2) is 0 Å². The molecule has 0 aromatic carbocycles. The Hall–Kier alpha value is -0.130. The van der Waals surface area contributed by atoms with Gasteiger partial charge in [0.1, 0.15) is 0 Å². The van der Waals surface area contributed by atoms with Crippen molar-refractivity contribution in [3.05, 3.63) is 0 Å². The number of nitrogens with one attached hydrogen (secondary N) is 1. The number of sulfone groups is 1. The molecule has 4 nitrogen and oxygen atoms in total. The molecule has 1 atom stereocenters. The van der Waals surface area contributed by atoms with Crippen molar-refractivity contribution in [1.29, 1.82) is 0 Å². The molecule has 1 aliphatic heterocycles. The van der Waals surface area contributed by atoms with Crippen molar-refractivity contribution < 1.29 is 8.42 Å². The number of hydrogen-bond acceptors (Lipinski definition) is 4. The fourth-order valence-electron chi connectivity index (χ4n) is 1.92. The van der Waals surface area contributed by atoms with E-state index >= 15 is 0 Å². The van der Waals surface area contributed by atoms with Gasteiger partial charge in [0.05, 0.1) is 11.5 Å². The first-order valence-corrected chi connectivity index (χ1v) is 7.55. The van der Waals surface area contributed by atoms with Crippen LogP contribution in [0, 0.1) is 0 Å². The first-order valence-electron chi connectivity index (χ1n) is 5.73. The van der Waals surface area contributed by atoms with Crippen LogP contribution in [0.1, 0.15) is 20.3 Å². The van der Waals surface area contributed by atoms with Gasteiger partial charge in [-0.3, -0.25) is 0 Å². The quantitative estimate of drug-likeness (QED) is 0.708. The Bertz CT molecular complexity index is 273. The zero-order valence-electron chi connectivity index (χ0n) is 9.70. The van der Waals surface area contributed by atoms with Crippen LogP contribution in [0.2, 0.25) is 0 Å². The Morgan fingerprint density at radius 3 is 2.47 bits per heavy atom. The number of likely N-dealkylation sites (N-methyl/N-ethyl adjacent to an activating group) is 1. The van der Waals surface area contributed by atoms with E-state index in [1.807, 2.05) is 0 Å². The van der Waals surface area contributed by atoms with Crippen LogP contribution in [0.4, 0.5) is 0 Å². The highest BCUT2D eigenvalue weighted by Crippen LogP contribution is 2.10. The SMILES string of the molecule is CCN(CC)CCN[C@H]1CCS(=O)(=O)C1. The Kier molecular flexibility index (Phi) is 5.02. The molecule has 1 fully saturated rings. The summed E-state index contributed by atoms with van der Waals surface area (Å²) in [6.07, 6.45) is 0.778. The third-order valence-corrected chi connectivity index (χ3v) is 4.76. The minimum atomic E-state index is -2.73. The normalized spacial score (nSPS) is 24.9. The van der Waals surface area contributed by atoms with Gasteiger partial charge < -0.3 is 10.2 Å². The average Bonchev–Trinajstić information content (AvgIpc) is 2.53. The molecule has 5 heteroatoms. The fourth-order valence-corrected chi connectivity index (χ4v) is 3.63. The lowest BCUT2D eigenvalue weighted by molar-refractivity contribution is 0.298. The van der Waals surface area contributed by atoms with Crippen molar-refractivity contribution in [2.45, 2.75) is 26.3 Å². The standard InChI is InChI=1S/C10H22N2O2S/c1-3-12(4-2)7-6-11-10-5-8-15(13,14)9-10/h10-11H,3-9H2,1-2H3/t10-/m0/s1. The Morgan fingerprint density at radius 2 is 2.00 bits per heavy atom. The molecule has 1 aliphatic rings. The molecule has 0 radical (unpaired) electrons. The molecule has 1 saturated heterocycles. The summed E-state index contributed by atoms with van der Waals surface area (Å²) < 4.78 is 22.4. The van der Waals surface area contributed by atoms with E-state index < -0.39 is 9.84 Å². The fraction of sp³-hybridized carbons (Fsp3) is 1.00. The molecule has 1 heterocycles. The maximum atomic E-state index is 11.2. The highest BCUT2D eigenvalue weighted by atomic mass is 32.2. The Balaban J connectivity index is 2.16. The summed E-state index contributed by atoms with van der Waals surface area (Å²) in [6.45, 7) is 8.29. The summed E-state index contributed by atoms with van der Waals surface area (Å²) in [6, 6.07) is 0.186. The van der Waals surface area contributed by atoms with E-state index in [1.165, 1.54) is 0 Å². The van der Waals surface area contributed by atoms with E-state index in [2.05, 4.69) is 24.1 Å². The van der Waals surface area contributed by atoms with Crippen LogP contribution in [0.3, 0.4) is 0 Å².